The lowest BCUT2D eigenvalue weighted by Gasteiger charge is -2.31. The third kappa shape index (κ3) is 2.21. The molecule has 2 aromatic rings. The molecule has 0 spiro atoms. The number of aromatic nitrogens is 1. The topological polar surface area (TPSA) is 42.5 Å². The SMILES string of the molecule is CN1CCN(Cc2cc3cccc(O)c3[nH]2)CC1. The molecule has 1 fully saturated rings. The average Bonchev–Trinajstić information content (AvgIpc) is 2.76. The van der Waals surface area contributed by atoms with Crippen molar-refractivity contribution in [2.45, 2.75) is 6.54 Å². The zero-order valence-corrected chi connectivity index (χ0v) is 10.7. The molecule has 1 aromatic carbocycles. The van der Waals surface area contributed by atoms with Crippen LogP contribution in [0.5, 0.6) is 5.75 Å². The van der Waals surface area contributed by atoms with E-state index in [-0.39, 0.29) is 0 Å². The highest BCUT2D eigenvalue weighted by atomic mass is 16.3. The highest BCUT2D eigenvalue weighted by Gasteiger charge is 2.15. The van der Waals surface area contributed by atoms with Crippen molar-refractivity contribution in [2.24, 2.45) is 0 Å². The van der Waals surface area contributed by atoms with Crippen LogP contribution in [0.2, 0.25) is 0 Å². The Morgan fingerprint density at radius 3 is 2.72 bits per heavy atom. The smallest absolute Gasteiger partial charge is 0.139 e. The van der Waals surface area contributed by atoms with Crippen molar-refractivity contribution in [3.05, 3.63) is 30.0 Å². The van der Waals surface area contributed by atoms with Gasteiger partial charge in [-0.1, -0.05) is 12.1 Å². The number of H-pyrrole nitrogens is 1. The van der Waals surface area contributed by atoms with Gasteiger partial charge < -0.3 is 15.0 Å². The average molecular weight is 245 g/mol. The summed E-state index contributed by atoms with van der Waals surface area (Å²) in [6.07, 6.45) is 0. The van der Waals surface area contributed by atoms with Gasteiger partial charge in [0.15, 0.2) is 0 Å². The summed E-state index contributed by atoms with van der Waals surface area (Å²) in [6, 6.07) is 7.76. The lowest BCUT2D eigenvalue weighted by atomic mass is 10.2. The minimum absolute atomic E-state index is 0.331. The number of nitrogens with one attached hydrogen (secondary N) is 1. The Hall–Kier alpha value is -1.52. The first-order valence-corrected chi connectivity index (χ1v) is 6.43. The second-order valence-electron chi connectivity index (χ2n) is 5.12. The highest BCUT2D eigenvalue weighted by Crippen LogP contribution is 2.24. The van der Waals surface area contributed by atoms with E-state index < -0.39 is 0 Å². The van der Waals surface area contributed by atoms with Crippen LogP contribution in [0.1, 0.15) is 5.69 Å². The third-order valence-electron chi connectivity index (χ3n) is 3.68. The van der Waals surface area contributed by atoms with Crippen LogP contribution in [-0.4, -0.2) is 53.1 Å². The van der Waals surface area contributed by atoms with Crippen LogP contribution in [0.15, 0.2) is 24.3 Å². The molecule has 0 atom stereocenters. The Kier molecular flexibility index (Phi) is 2.97. The van der Waals surface area contributed by atoms with E-state index in [1.807, 2.05) is 12.1 Å². The summed E-state index contributed by atoms with van der Waals surface area (Å²) in [7, 11) is 2.16. The number of piperazine rings is 1. The number of fused-ring (bicyclic) bond motifs is 1. The van der Waals surface area contributed by atoms with E-state index in [0.717, 1.165) is 43.6 Å². The maximum Gasteiger partial charge on any atom is 0.139 e. The summed E-state index contributed by atoms with van der Waals surface area (Å²) in [6.45, 7) is 5.41. The molecule has 2 N–H and O–H groups in total. The van der Waals surface area contributed by atoms with Gasteiger partial charge in [0, 0.05) is 43.8 Å². The lowest BCUT2D eigenvalue weighted by Crippen LogP contribution is -2.43. The van der Waals surface area contributed by atoms with Gasteiger partial charge in [-0.2, -0.15) is 0 Å². The van der Waals surface area contributed by atoms with Gasteiger partial charge in [0.2, 0.25) is 0 Å². The van der Waals surface area contributed by atoms with Gasteiger partial charge >= 0.3 is 0 Å². The molecule has 1 aliphatic rings. The molecule has 0 amide bonds. The van der Waals surface area contributed by atoms with Crippen LogP contribution in [0.3, 0.4) is 0 Å². The zero-order chi connectivity index (χ0) is 12.5. The fraction of sp³-hybridized carbons (Fsp3) is 0.429. The number of hydrogen-bond acceptors (Lipinski definition) is 3. The monoisotopic (exact) mass is 245 g/mol. The maximum atomic E-state index is 9.77. The Morgan fingerprint density at radius 1 is 1.22 bits per heavy atom. The number of likely N-dealkylation sites (N-methyl/N-ethyl adjacent to an activating group) is 1. The number of aromatic amines is 1. The summed E-state index contributed by atoms with van der Waals surface area (Å²) in [5, 5.41) is 10.9. The molecular weight excluding hydrogens is 226 g/mol. The Labute approximate surface area is 107 Å². The molecule has 2 heterocycles. The van der Waals surface area contributed by atoms with Crippen LogP contribution in [0, 0.1) is 0 Å². The molecule has 4 heteroatoms. The number of benzene rings is 1. The predicted molar refractivity (Wildman–Crippen MR) is 72.7 cm³/mol. The summed E-state index contributed by atoms with van der Waals surface area (Å²) in [5.74, 6) is 0.331. The van der Waals surface area contributed by atoms with E-state index in [1.54, 1.807) is 6.07 Å². The van der Waals surface area contributed by atoms with Gasteiger partial charge in [-0.05, 0) is 19.2 Å². The van der Waals surface area contributed by atoms with Crippen LogP contribution < -0.4 is 0 Å². The molecule has 1 aromatic heterocycles. The van der Waals surface area contributed by atoms with Crippen molar-refractivity contribution in [1.82, 2.24) is 14.8 Å². The normalized spacial score (nSPS) is 18.5. The fourth-order valence-electron chi connectivity index (χ4n) is 2.53. The van der Waals surface area contributed by atoms with Crippen molar-refractivity contribution in [1.29, 1.82) is 0 Å². The molecule has 3 rings (SSSR count). The predicted octanol–water partition coefficient (Wildman–Crippen LogP) is 1.62. The Balaban J connectivity index is 1.77. The first-order chi connectivity index (χ1) is 8.72. The van der Waals surface area contributed by atoms with E-state index in [0.29, 0.717) is 5.75 Å². The fourth-order valence-corrected chi connectivity index (χ4v) is 2.53. The number of aromatic hydroxyl groups is 1. The van der Waals surface area contributed by atoms with Gasteiger partial charge in [-0.3, -0.25) is 4.90 Å². The van der Waals surface area contributed by atoms with Gasteiger partial charge in [0.1, 0.15) is 5.75 Å². The molecule has 0 bridgehead atoms. The molecule has 0 radical (unpaired) electrons. The minimum atomic E-state index is 0.331. The second kappa shape index (κ2) is 4.63. The third-order valence-corrected chi connectivity index (χ3v) is 3.68. The molecule has 0 saturated carbocycles. The molecule has 4 nitrogen and oxygen atoms in total. The van der Waals surface area contributed by atoms with Gasteiger partial charge in [-0.25, -0.2) is 0 Å². The number of hydrogen-bond donors (Lipinski definition) is 2. The van der Waals surface area contributed by atoms with Crippen LogP contribution >= 0.6 is 0 Å². The largest absolute Gasteiger partial charge is 0.506 e. The molecule has 0 aliphatic carbocycles. The lowest BCUT2D eigenvalue weighted by molar-refractivity contribution is 0.147. The Bertz CT molecular complexity index is 541. The summed E-state index contributed by atoms with van der Waals surface area (Å²) < 4.78 is 0. The van der Waals surface area contributed by atoms with E-state index >= 15 is 0 Å². The molecular formula is C14H19N3O. The van der Waals surface area contributed by atoms with Crippen molar-refractivity contribution >= 4 is 10.9 Å². The molecule has 1 aliphatic heterocycles. The van der Waals surface area contributed by atoms with E-state index in [9.17, 15) is 5.11 Å². The minimum Gasteiger partial charge on any atom is -0.506 e. The maximum absolute atomic E-state index is 9.77. The van der Waals surface area contributed by atoms with Crippen LogP contribution in [-0.2, 0) is 6.54 Å². The van der Waals surface area contributed by atoms with Gasteiger partial charge in [0.25, 0.3) is 0 Å². The first kappa shape index (κ1) is 11.6. The van der Waals surface area contributed by atoms with Crippen LogP contribution in [0.4, 0.5) is 0 Å². The standard InChI is InChI=1S/C14H19N3O/c1-16-5-7-17(8-6-16)10-12-9-11-3-2-4-13(18)14(11)15-12/h2-4,9,15,18H,5-8,10H2,1H3. The molecule has 96 valence electrons. The van der Waals surface area contributed by atoms with E-state index in [1.165, 1.54) is 5.69 Å². The zero-order valence-electron chi connectivity index (χ0n) is 10.7. The second-order valence-corrected chi connectivity index (χ2v) is 5.12. The summed E-state index contributed by atoms with van der Waals surface area (Å²) >= 11 is 0. The van der Waals surface area contributed by atoms with E-state index in [2.05, 4.69) is 27.9 Å². The first-order valence-electron chi connectivity index (χ1n) is 6.43. The number of para-hydroxylation sites is 1. The number of phenols is 1. The number of phenolic OH excluding ortho intramolecular Hbond substituents is 1. The van der Waals surface area contributed by atoms with Crippen molar-refractivity contribution < 1.29 is 5.11 Å². The van der Waals surface area contributed by atoms with Crippen molar-refractivity contribution in [3.8, 4) is 5.75 Å². The number of nitrogens with zero attached hydrogens (tertiary/aromatic N) is 2. The number of rotatable bonds is 2. The van der Waals surface area contributed by atoms with Crippen LogP contribution in [0.25, 0.3) is 10.9 Å². The quantitative estimate of drug-likeness (QED) is 0.845. The summed E-state index contributed by atoms with van der Waals surface area (Å²) in [4.78, 5) is 8.12. The molecule has 1 saturated heterocycles. The van der Waals surface area contributed by atoms with E-state index in [4.69, 9.17) is 0 Å². The molecule has 18 heavy (non-hydrogen) atoms. The summed E-state index contributed by atoms with van der Waals surface area (Å²) in [5.41, 5.74) is 2.03. The highest BCUT2D eigenvalue weighted by molar-refractivity contribution is 5.85. The van der Waals surface area contributed by atoms with Gasteiger partial charge in [-0.15, -0.1) is 0 Å². The van der Waals surface area contributed by atoms with Crippen molar-refractivity contribution in [2.75, 3.05) is 33.2 Å². The Morgan fingerprint density at radius 2 is 2.00 bits per heavy atom. The van der Waals surface area contributed by atoms with Crippen molar-refractivity contribution in [3.63, 3.8) is 0 Å². The molecule has 0 unspecified atom stereocenters. The van der Waals surface area contributed by atoms with Gasteiger partial charge in [0.05, 0.1) is 5.52 Å².